The standard InChI is InChI=1S/C58H82N2O17/c1-34-16-12-11-13-17-35(2)48(71-8)32-44-23-19-40(7)58(68,77-44)54(64)55(65)59-27-15-14-18-45(59)56(66)75-49(37(4)30-41-20-26-46(61)50(31-41)72-9)33-47(62)36(3)29-39(6)52(53(73-10)51(63)38(5)28-34)76-57(67)74-43-24-21-42(22-25-43)60(69)70/h11-13,16-17,21-22,24-25,29,34,36-38,40-41,44-46,48-50,52-53,61,68H,14-15,18-20,23,26-28,30-33H2,1-10H3/b13-11+,16-12+,35-17+,39-29+/t34-,36-,37-,38-,40-,41+,44+,45+,46-,48+,49+,50-,52-,53+,58-/m1/s1. The molecule has 3 heterocycles. The Balaban J connectivity index is 1.53. The molecule has 2 bridgehead atoms. The van der Waals surface area contributed by atoms with Crippen LogP contribution in [-0.4, -0.2) is 138 Å². The number of carbonyl (C=O) groups is 6. The number of allylic oxidation sites excluding steroid dienone is 6. The van der Waals surface area contributed by atoms with Crippen LogP contribution in [0.15, 0.2) is 71.9 Å². The Hall–Kier alpha value is -5.44. The van der Waals surface area contributed by atoms with Crippen LogP contribution in [0.3, 0.4) is 0 Å². The molecule has 1 amide bonds. The summed E-state index contributed by atoms with van der Waals surface area (Å²) in [4.78, 5) is 97.6. The molecule has 0 unspecified atom stereocenters. The molecular formula is C58H82N2O17. The number of methoxy groups -OCH3 is 3. The number of ether oxygens (including phenoxy) is 7. The highest BCUT2D eigenvalue weighted by Crippen LogP contribution is 2.38. The van der Waals surface area contributed by atoms with Crippen molar-refractivity contribution in [3.63, 3.8) is 0 Å². The first-order chi connectivity index (χ1) is 36.5. The highest BCUT2D eigenvalue weighted by atomic mass is 16.7. The number of Topliss-reactive ketones (excluding diaryl/α,β-unsaturated/α-hetero) is 3. The summed E-state index contributed by atoms with van der Waals surface area (Å²) in [5.41, 5.74) is 0.863. The maximum absolute atomic E-state index is 14.6. The van der Waals surface area contributed by atoms with Crippen molar-refractivity contribution >= 4 is 41.1 Å². The van der Waals surface area contributed by atoms with E-state index in [0.29, 0.717) is 57.8 Å². The van der Waals surface area contributed by atoms with Crippen LogP contribution in [0.4, 0.5) is 10.5 Å². The lowest BCUT2D eigenvalue weighted by molar-refractivity contribution is -0.384. The third-order valence-electron chi connectivity index (χ3n) is 15.9. The Bertz CT molecular complexity index is 2350. The molecule has 0 aromatic heterocycles. The number of fused-ring (bicyclic) bond motifs is 3. The number of amides is 1. The number of piperidine rings is 1. The van der Waals surface area contributed by atoms with Gasteiger partial charge in [-0.1, -0.05) is 71.1 Å². The number of benzene rings is 1. The van der Waals surface area contributed by atoms with Crippen molar-refractivity contribution in [3.8, 4) is 5.75 Å². The first kappa shape index (κ1) is 62.4. The second kappa shape index (κ2) is 29.0. The van der Waals surface area contributed by atoms with Crippen LogP contribution in [0.5, 0.6) is 5.75 Å². The van der Waals surface area contributed by atoms with Gasteiger partial charge in [0.05, 0.1) is 29.3 Å². The number of carbonyl (C=O) groups excluding carboxylic acids is 6. The van der Waals surface area contributed by atoms with Crippen LogP contribution in [-0.2, 0) is 52.4 Å². The first-order valence-electron chi connectivity index (χ1n) is 27.1. The molecule has 19 nitrogen and oxygen atoms in total. The van der Waals surface area contributed by atoms with Crippen molar-refractivity contribution in [1.29, 1.82) is 0 Å². The van der Waals surface area contributed by atoms with E-state index in [-0.39, 0.29) is 60.4 Å². The van der Waals surface area contributed by atoms with E-state index in [9.17, 15) is 49.1 Å². The molecule has 2 N–H and O–H groups in total. The lowest BCUT2D eigenvalue weighted by Crippen LogP contribution is -2.61. The largest absolute Gasteiger partial charge is 0.514 e. The van der Waals surface area contributed by atoms with Gasteiger partial charge in [0, 0.05) is 70.6 Å². The summed E-state index contributed by atoms with van der Waals surface area (Å²) in [6.07, 6.45) is 8.22. The van der Waals surface area contributed by atoms with Gasteiger partial charge in [0.15, 0.2) is 18.0 Å². The van der Waals surface area contributed by atoms with Gasteiger partial charge in [-0.05, 0) is 119 Å². The molecular weight excluding hydrogens is 997 g/mol. The molecule has 1 saturated carbocycles. The second-order valence-electron chi connectivity index (χ2n) is 21.8. The zero-order valence-electron chi connectivity index (χ0n) is 46.5. The van der Waals surface area contributed by atoms with Crippen LogP contribution in [0.1, 0.15) is 126 Å². The Morgan fingerprint density at radius 1 is 0.870 bits per heavy atom. The highest BCUT2D eigenvalue weighted by molar-refractivity contribution is 6.39. The average molecular weight is 1080 g/mol. The predicted octanol–water partition coefficient (Wildman–Crippen LogP) is 8.31. The molecule has 0 spiro atoms. The number of non-ortho nitro benzene ring substituents is 1. The quantitative estimate of drug-likeness (QED) is 0.0589. The number of nitro groups is 1. The number of cyclic esters (lactones) is 1. The van der Waals surface area contributed by atoms with Gasteiger partial charge >= 0.3 is 12.1 Å². The van der Waals surface area contributed by atoms with Gasteiger partial charge in [-0.15, -0.1) is 0 Å². The number of rotatable bonds is 9. The molecule has 426 valence electrons. The zero-order valence-corrected chi connectivity index (χ0v) is 46.5. The van der Waals surface area contributed by atoms with E-state index in [4.69, 9.17) is 33.2 Å². The molecule has 3 fully saturated rings. The first-order valence-corrected chi connectivity index (χ1v) is 27.1. The van der Waals surface area contributed by atoms with Gasteiger partial charge in [0.1, 0.15) is 23.7 Å². The van der Waals surface area contributed by atoms with Gasteiger partial charge in [-0.3, -0.25) is 29.3 Å². The fourth-order valence-corrected chi connectivity index (χ4v) is 11.1. The second-order valence-corrected chi connectivity index (χ2v) is 21.8. The maximum atomic E-state index is 14.6. The summed E-state index contributed by atoms with van der Waals surface area (Å²) < 4.78 is 41.0. The average Bonchev–Trinajstić information content (AvgIpc) is 3.41. The fourth-order valence-electron chi connectivity index (χ4n) is 11.1. The molecule has 77 heavy (non-hydrogen) atoms. The predicted molar refractivity (Wildman–Crippen MR) is 283 cm³/mol. The van der Waals surface area contributed by atoms with E-state index in [1.54, 1.807) is 40.9 Å². The van der Waals surface area contributed by atoms with Crippen molar-refractivity contribution in [2.24, 2.45) is 35.5 Å². The summed E-state index contributed by atoms with van der Waals surface area (Å²) >= 11 is 0. The molecule has 1 aromatic carbocycles. The van der Waals surface area contributed by atoms with Crippen LogP contribution >= 0.6 is 0 Å². The third kappa shape index (κ3) is 16.8. The zero-order chi connectivity index (χ0) is 56.7. The molecule has 0 radical (unpaired) electrons. The Morgan fingerprint density at radius 2 is 1.58 bits per heavy atom. The van der Waals surface area contributed by atoms with E-state index < -0.39 is 113 Å². The number of nitro benzene ring substituents is 1. The summed E-state index contributed by atoms with van der Waals surface area (Å²) in [7, 11) is 4.39. The van der Waals surface area contributed by atoms with Gasteiger partial charge in [-0.2, -0.15) is 0 Å². The topological polar surface area (TPSA) is 254 Å². The Kier molecular flexibility index (Phi) is 23.5. The lowest BCUT2D eigenvalue weighted by atomic mass is 9.78. The minimum Gasteiger partial charge on any atom is -0.460 e. The Morgan fingerprint density at radius 3 is 2.25 bits per heavy atom. The number of hydrogen-bond donors (Lipinski definition) is 2. The molecule has 19 heteroatoms. The van der Waals surface area contributed by atoms with E-state index in [1.165, 1.54) is 26.4 Å². The van der Waals surface area contributed by atoms with Crippen LogP contribution in [0.2, 0.25) is 0 Å². The number of aliphatic hydroxyl groups is 2. The number of esters is 1. The molecule has 2 saturated heterocycles. The smallest absolute Gasteiger partial charge is 0.460 e. The number of aliphatic hydroxyl groups excluding tert-OH is 1. The van der Waals surface area contributed by atoms with Crippen LogP contribution in [0.25, 0.3) is 0 Å². The molecule has 15 atom stereocenters. The SMILES string of the molecule is CO[C@H]1C[C@@H]2CC[C@@H](C)[C@@](O)(O2)C(=O)C(=O)N2CCCC[C@H]2C(=O)O[C@H]([C@H](C)C[C@@H]2CC[C@@H](O)[C@H](OC)C2)CC(=O)[C@H](C)/C=C(\C)[C@@H](OC(=O)Oc2ccc([N+](=O)[O-])cc2)[C@@H](OC)C(=O)[C@H](C)C[C@H](C)/C=C/C=C/C=C/1C. The van der Waals surface area contributed by atoms with Crippen molar-refractivity contribution in [2.75, 3.05) is 27.9 Å². The van der Waals surface area contributed by atoms with Crippen molar-refractivity contribution in [2.45, 2.75) is 180 Å². The molecule has 3 aliphatic heterocycles. The fraction of sp³-hybridized carbons (Fsp3) is 0.655. The van der Waals surface area contributed by atoms with E-state index >= 15 is 0 Å². The van der Waals surface area contributed by atoms with E-state index in [2.05, 4.69) is 0 Å². The van der Waals surface area contributed by atoms with E-state index in [1.807, 2.05) is 51.2 Å². The minimum atomic E-state index is -2.48. The minimum absolute atomic E-state index is 0.0348. The molecule has 5 rings (SSSR count). The summed E-state index contributed by atoms with van der Waals surface area (Å²) in [6, 6.07) is 3.54. The third-order valence-corrected chi connectivity index (χ3v) is 15.9. The Labute approximate surface area is 452 Å². The molecule has 1 aliphatic carbocycles. The van der Waals surface area contributed by atoms with Crippen LogP contribution in [0, 0.1) is 45.6 Å². The summed E-state index contributed by atoms with van der Waals surface area (Å²) in [5, 5.41) is 33.9. The van der Waals surface area contributed by atoms with Gasteiger partial charge in [-0.25, -0.2) is 9.59 Å². The normalized spacial score (nSPS) is 35.7. The van der Waals surface area contributed by atoms with Crippen molar-refractivity contribution in [1.82, 2.24) is 4.90 Å². The molecule has 1 aromatic rings. The summed E-state index contributed by atoms with van der Waals surface area (Å²) in [6.45, 7) is 12.3. The van der Waals surface area contributed by atoms with Gasteiger partial charge in [0.25, 0.3) is 17.4 Å². The lowest BCUT2D eigenvalue weighted by Gasteiger charge is -2.42. The highest BCUT2D eigenvalue weighted by Gasteiger charge is 2.53. The monoisotopic (exact) mass is 1080 g/mol. The van der Waals surface area contributed by atoms with E-state index in [0.717, 1.165) is 22.6 Å². The van der Waals surface area contributed by atoms with Crippen molar-refractivity contribution in [3.05, 3.63) is 82.0 Å². The number of nitrogens with zero attached hydrogens (tertiary/aromatic N) is 2. The van der Waals surface area contributed by atoms with Gasteiger partial charge in [0.2, 0.25) is 5.79 Å². The maximum Gasteiger partial charge on any atom is 0.514 e. The summed E-state index contributed by atoms with van der Waals surface area (Å²) in [5.74, 6) is -9.19. The van der Waals surface area contributed by atoms with Crippen molar-refractivity contribution < 1.29 is 77.1 Å². The number of ketones is 3. The van der Waals surface area contributed by atoms with Gasteiger partial charge < -0.3 is 48.3 Å². The molecule has 4 aliphatic rings. The van der Waals surface area contributed by atoms with Crippen LogP contribution < -0.4 is 4.74 Å². The number of hydrogen-bond acceptors (Lipinski definition) is 17.